The van der Waals surface area contributed by atoms with Crippen molar-refractivity contribution in [3.8, 4) is 0 Å². The Labute approximate surface area is 97.5 Å². The summed E-state index contributed by atoms with van der Waals surface area (Å²) in [6.07, 6.45) is 10.8. The van der Waals surface area contributed by atoms with Gasteiger partial charge in [0.1, 0.15) is 0 Å². The molecule has 2 aliphatic rings. The Hall–Kier alpha value is -0.890. The van der Waals surface area contributed by atoms with Crippen LogP contribution in [-0.4, -0.2) is 17.6 Å². The molecule has 1 N–H and O–H groups in total. The molecule has 2 fully saturated rings. The highest BCUT2D eigenvalue weighted by molar-refractivity contribution is 5.09. The van der Waals surface area contributed by atoms with Crippen molar-refractivity contribution in [2.75, 3.05) is 6.54 Å². The molecule has 0 aromatic carbocycles. The van der Waals surface area contributed by atoms with Gasteiger partial charge in [-0.25, -0.2) is 0 Å². The minimum Gasteiger partial charge on any atom is -0.313 e. The summed E-state index contributed by atoms with van der Waals surface area (Å²) in [5, 5.41) is 3.76. The van der Waals surface area contributed by atoms with Crippen LogP contribution in [0.2, 0.25) is 0 Å². The molecule has 86 valence electrons. The smallest absolute Gasteiger partial charge is 0.0300 e. The zero-order valence-electron chi connectivity index (χ0n) is 9.73. The summed E-state index contributed by atoms with van der Waals surface area (Å²) in [5.41, 5.74) is 1.35. The monoisotopic (exact) mass is 216 g/mol. The Kier molecular flexibility index (Phi) is 2.92. The fourth-order valence-electron chi connectivity index (χ4n) is 2.56. The van der Waals surface area contributed by atoms with E-state index < -0.39 is 0 Å². The maximum Gasteiger partial charge on any atom is 0.0300 e. The molecule has 0 unspecified atom stereocenters. The third-order valence-electron chi connectivity index (χ3n) is 3.78. The minimum atomic E-state index is 0.830. The first-order valence-corrected chi connectivity index (χ1v) is 6.56. The molecule has 2 heteroatoms. The molecular formula is C14H20N2. The molecule has 2 aliphatic carbocycles. The lowest BCUT2D eigenvalue weighted by molar-refractivity contribution is 0.420. The van der Waals surface area contributed by atoms with Gasteiger partial charge in [0.25, 0.3) is 0 Å². The highest BCUT2D eigenvalue weighted by Gasteiger charge is 2.40. The third-order valence-corrected chi connectivity index (χ3v) is 3.78. The zero-order chi connectivity index (χ0) is 10.8. The number of pyridine rings is 1. The van der Waals surface area contributed by atoms with E-state index in [0.29, 0.717) is 0 Å². The first kappa shape index (κ1) is 10.3. The average molecular weight is 216 g/mol. The van der Waals surface area contributed by atoms with E-state index in [0.717, 1.165) is 30.8 Å². The van der Waals surface area contributed by atoms with E-state index in [1.807, 2.05) is 18.5 Å². The summed E-state index contributed by atoms with van der Waals surface area (Å²) in [6, 6.07) is 5.02. The van der Waals surface area contributed by atoms with E-state index >= 15 is 0 Å². The predicted octanol–water partition coefficient (Wildman–Crippen LogP) is 2.40. The summed E-state index contributed by atoms with van der Waals surface area (Å²) in [6.45, 7) is 1.11. The van der Waals surface area contributed by atoms with Crippen molar-refractivity contribution < 1.29 is 0 Å². The second kappa shape index (κ2) is 4.54. The molecule has 3 rings (SSSR count). The Balaban J connectivity index is 1.45. The van der Waals surface area contributed by atoms with Crippen molar-refractivity contribution in [2.45, 2.75) is 38.1 Å². The quantitative estimate of drug-likeness (QED) is 0.790. The zero-order valence-corrected chi connectivity index (χ0v) is 9.73. The largest absolute Gasteiger partial charge is 0.313 e. The van der Waals surface area contributed by atoms with Crippen molar-refractivity contribution in [2.24, 2.45) is 11.8 Å². The van der Waals surface area contributed by atoms with Crippen LogP contribution in [0, 0.1) is 11.8 Å². The van der Waals surface area contributed by atoms with E-state index in [2.05, 4.69) is 16.4 Å². The van der Waals surface area contributed by atoms with Crippen molar-refractivity contribution >= 4 is 0 Å². The molecule has 0 bridgehead atoms. The van der Waals surface area contributed by atoms with E-state index in [4.69, 9.17) is 0 Å². The van der Waals surface area contributed by atoms with Crippen LogP contribution in [0.4, 0.5) is 0 Å². The van der Waals surface area contributed by atoms with Gasteiger partial charge in [-0.2, -0.15) is 0 Å². The van der Waals surface area contributed by atoms with E-state index in [1.165, 1.54) is 31.2 Å². The van der Waals surface area contributed by atoms with E-state index in [1.54, 1.807) is 0 Å². The van der Waals surface area contributed by atoms with Crippen LogP contribution in [-0.2, 0) is 6.42 Å². The second-order valence-electron chi connectivity index (χ2n) is 5.27. The summed E-state index contributed by atoms with van der Waals surface area (Å²) < 4.78 is 0. The normalized spacial score (nSPS) is 20.3. The van der Waals surface area contributed by atoms with Gasteiger partial charge in [-0.1, -0.05) is 6.07 Å². The third kappa shape index (κ3) is 2.62. The number of nitrogens with one attached hydrogen (secondary N) is 1. The molecule has 0 aliphatic heterocycles. The maximum absolute atomic E-state index is 4.15. The summed E-state index contributed by atoms with van der Waals surface area (Å²) in [4.78, 5) is 4.15. The second-order valence-corrected chi connectivity index (χ2v) is 5.27. The summed E-state index contributed by atoms with van der Waals surface area (Å²) in [7, 11) is 0. The first-order valence-electron chi connectivity index (χ1n) is 6.56. The Bertz CT molecular complexity index is 316. The molecule has 0 atom stereocenters. The molecule has 16 heavy (non-hydrogen) atoms. The Morgan fingerprint density at radius 2 is 2.00 bits per heavy atom. The number of hydrogen-bond acceptors (Lipinski definition) is 2. The predicted molar refractivity (Wildman–Crippen MR) is 65.2 cm³/mol. The lowest BCUT2D eigenvalue weighted by Gasteiger charge is -2.17. The molecule has 1 aromatic heterocycles. The van der Waals surface area contributed by atoms with Crippen LogP contribution < -0.4 is 5.32 Å². The van der Waals surface area contributed by atoms with Gasteiger partial charge in [0.15, 0.2) is 0 Å². The van der Waals surface area contributed by atoms with Crippen molar-refractivity contribution in [1.29, 1.82) is 0 Å². The van der Waals surface area contributed by atoms with Crippen LogP contribution in [0.5, 0.6) is 0 Å². The highest BCUT2D eigenvalue weighted by atomic mass is 14.9. The molecule has 0 spiro atoms. The molecular weight excluding hydrogens is 196 g/mol. The van der Waals surface area contributed by atoms with Crippen LogP contribution in [0.25, 0.3) is 0 Å². The fourth-order valence-corrected chi connectivity index (χ4v) is 2.56. The van der Waals surface area contributed by atoms with Gasteiger partial charge in [0, 0.05) is 18.4 Å². The van der Waals surface area contributed by atoms with Gasteiger partial charge >= 0.3 is 0 Å². The van der Waals surface area contributed by atoms with Crippen LogP contribution >= 0.6 is 0 Å². The molecule has 2 nitrogen and oxygen atoms in total. The number of hydrogen-bond donors (Lipinski definition) is 1. The molecule has 1 heterocycles. The maximum atomic E-state index is 4.15. The van der Waals surface area contributed by atoms with Crippen molar-refractivity contribution in [3.05, 3.63) is 30.1 Å². The Morgan fingerprint density at radius 3 is 2.56 bits per heavy atom. The van der Waals surface area contributed by atoms with E-state index in [9.17, 15) is 0 Å². The van der Waals surface area contributed by atoms with E-state index in [-0.39, 0.29) is 0 Å². The van der Waals surface area contributed by atoms with Crippen molar-refractivity contribution in [3.63, 3.8) is 0 Å². The average Bonchev–Trinajstić information content (AvgIpc) is 3.17. The van der Waals surface area contributed by atoms with Gasteiger partial charge in [0.2, 0.25) is 0 Å². The van der Waals surface area contributed by atoms with Crippen LogP contribution in [0.15, 0.2) is 24.5 Å². The fraction of sp³-hybridized carbons (Fsp3) is 0.643. The molecule has 2 saturated carbocycles. The number of rotatable bonds is 6. The van der Waals surface area contributed by atoms with Gasteiger partial charge in [0.05, 0.1) is 0 Å². The highest BCUT2D eigenvalue weighted by Crippen LogP contribution is 2.44. The molecule has 0 radical (unpaired) electrons. The Morgan fingerprint density at radius 1 is 1.25 bits per heavy atom. The number of nitrogens with zero attached hydrogens (tertiary/aromatic N) is 1. The van der Waals surface area contributed by atoms with Gasteiger partial charge in [-0.3, -0.25) is 4.98 Å². The molecule has 1 aromatic rings. The SMILES string of the molecule is c1cncc(CCNC(C2CC2)C2CC2)c1. The standard InChI is InChI=1S/C14H20N2/c1-2-11(10-15-8-1)7-9-16-14(12-3-4-12)13-5-6-13/h1-2,8,10,12-14,16H,3-7,9H2. The summed E-state index contributed by atoms with van der Waals surface area (Å²) >= 11 is 0. The van der Waals surface area contributed by atoms with Crippen LogP contribution in [0.3, 0.4) is 0 Å². The van der Waals surface area contributed by atoms with Crippen molar-refractivity contribution in [1.82, 2.24) is 10.3 Å². The lowest BCUT2D eigenvalue weighted by atomic mass is 10.1. The minimum absolute atomic E-state index is 0.830. The van der Waals surface area contributed by atoms with Gasteiger partial charge < -0.3 is 5.32 Å². The first-order chi connectivity index (χ1) is 7.93. The summed E-state index contributed by atoms with van der Waals surface area (Å²) in [5.74, 6) is 2.00. The van der Waals surface area contributed by atoms with Gasteiger partial charge in [-0.05, 0) is 62.1 Å². The molecule has 0 amide bonds. The topological polar surface area (TPSA) is 24.9 Å². The number of aromatic nitrogens is 1. The van der Waals surface area contributed by atoms with Crippen LogP contribution in [0.1, 0.15) is 31.2 Å². The molecule has 0 saturated heterocycles. The van der Waals surface area contributed by atoms with Gasteiger partial charge in [-0.15, -0.1) is 0 Å². The lowest BCUT2D eigenvalue weighted by Crippen LogP contribution is -2.34.